The number of carbonyl (C=O) groups excluding carboxylic acids is 1. The zero-order valence-corrected chi connectivity index (χ0v) is 16.3. The van der Waals surface area contributed by atoms with E-state index in [0.717, 1.165) is 12.8 Å². The normalized spacial score (nSPS) is 13.7. The lowest BCUT2D eigenvalue weighted by atomic mass is 10.2. The molecule has 4 rings (SSSR count). The maximum absolute atomic E-state index is 14.3. The second-order valence-electron chi connectivity index (χ2n) is 6.32. The summed E-state index contributed by atoms with van der Waals surface area (Å²) in [7, 11) is 0. The van der Waals surface area contributed by atoms with E-state index in [4.69, 9.17) is 16.4 Å². The van der Waals surface area contributed by atoms with Gasteiger partial charge in [0.2, 0.25) is 0 Å². The van der Waals surface area contributed by atoms with Gasteiger partial charge in [-0.25, -0.2) is 14.9 Å². The van der Waals surface area contributed by atoms with Crippen LogP contribution in [0.2, 0.25) is 5.02 Å². The molecule has 1 aliphatic carbocycles. The smallest absolute Gasteiger partial charge is 0.278 e. The quantitative estimate of drug-likeness (QED) is 0.531. The lowest BCUT2D eigenvalue weighted by molar-refractivity contribution is 0.0270. The Morgan fingerprint density at radius 3 is 3.00 bits per heavy atom. The molecule has 0 bridgehead atoms. The van der Waals surface area contributed by atoms with Gasteiger partial charge in [0.25, 0.3) is 5.91 Å². The van der Waals surface area contributed by atoms with Crippen molar-refractivity contribution in [2.24, 2.45) is 5.92 Å². The van der Waals surface area contributed by atoms with Gasteiger partial charge in [-0.15, -0.1) is 0 Å². The Labute approximate surface area is 167 Å². The second-order valence-corrected chi connectivity index (χ2v) is 7.62. The number of halogens is 3. The predicted octanol–water partition coefficient (Wildman–Crippen LogP) is 4.70. The monoisotopic (exact) mass is 452 g/mol. The van der Waals surface area contributed by atoms with Gasteiger partial charge in [0.15, 0.2) is 5.65 Å². The first-order valence-corrected chi connectivity index (χ1v) is 9.49. The molecule has 2 N–H and O–H groups in total. The molecule has 1 aromatic carbocycles. The van der Waals surface area contributed by atoms with E-state index < -0.39 is 11.7 Å². The van der Waals surface area contributed by atoms with Crippen molar-refractivity contribution >= 4 is 50.5 Å². The molecule has 2 heterocycles. The molecule has 0 atom stereocenters. The van der Waals surface area contributed by atoms with Gasteiger partial charge < -0.3 is 9.72 Å². The summed E-state index contributed by atoms with van der Waals surface area (Å²) in [6.07, 6.45) is 7.03. The van der Waals surface area contributed by atoms with E-state index in [1.165, 1.54) is 6.07 Å². The van der Waals surface area contributed by atoms with Gasteiger partial charge in [0.05, 0.1) is 23.5 Å². The number of anilines is 2. The van der Waals surface area contributed by atoms with E-state index in [1.54, 1.807) is 35.1 Å². The second kappa shape index (κ2) is 7.46. The standard InChI is InChI=1S/C18H15BrClFN4O2/c19-11-3-4-14(13(21)7-11)23-16-12(18(26)24-27-9-10-1-2-10)8-25-6-5-22-17(25)15(16)20/h3-8,10,23H,1-2,9H2,(H,24,26). The van der Waals surface area contributed by atoms with Crippen LogP contribution in [0.4, 0.5) is 15.8 Å². The highest BCUT2D eigenvalue weighted by molar-refractivity contribution is 9.10. The number of fused-ring (bicyclic) bond motifs is 1. The number of hydrogen-bond acceptors (Lipinski definition) is 4. The topological polar surface area (TPSA) is 67.7 Å². The predicted molar refractivity (Wildman–Crippen MR) is 104 cm³/mol. The number of pyridine rings is 1. The maximum Gasteiger partial charge on any atom is 0.278 e. The summed E-state index contributed by atoms with van der Waals surface area (Å²) in [5.41, 5.74) is 3.53. The summed E-state index contributed by atoms with van der Waals surface area (Å²) in [6.45, 7) is 0.469. The molecule has 0 radical (unpaired) electrons. The van der Waals surface area contributed by atoms with E-state index in [1.807, 2.05) is 0 Å². The van der Waals surface area contributed by atoms with Crippen LogP contribution >= 0.6 is 27.5 Å². The van der Waals surface area contributed by atoms with Crippen LogP contribution in [0.3, 0.4) is 0 Å². The fraction of sp³-hybridized carbons (Fsp3) is 0.222. The van der Waals surface area contributed by atoms with Crippen molar-refractivity contribution in [3.8, 4) is 0 Å². The van der Waals surface area contributed by atoms with Gasteiger partial charge in [-0.3, -0.25) is 9.63 Å². The number of amides is 1. The minimum Gasteiger partial charge on any atom is -0.351 e. The number of aromatic nitrogens is 2. The SMILES string of the molecule is O=C(NOCC1CC1)c1cn2ccnc2c(Cl)c1Nc1ccc(Br)cc1F. The molecule has 27 heavy (non-hydrogen) atoms. The number of hydrogen-bond donors (Lipinski definition) is 2. The largest absolute Gasteiger partial charge is 0.351 e. The van der Waals surface area contributed by atoms with Crippen LogP contribution in [0.5, 0.6) is 0 Å². The molecule has 1 fully saturated rings. The summed E-state index contributed by atoms with van der Waals surface area (Å²) < 4.78 is 16.5. The van der Waals surface area contributed by atoms with E-state index in [9.17, 15) is 9.18 Å². The third-order valence-corrected chi connectivity index (χ3v) is 5.09. The molecule has 2 aromatic heterocycles. The molecule has 6 nitrogen and oxygen atoms in total. The van der Waals surface area contributed by atoms with Crippen molar-refractivity contribution in [1.29, 1.82) is 0 Å². The van der Waals surface area contributed by atoms with E-state index >= 15 is 0 Å². The Balaban J connectivity index is 1.69. The molecule has 3 aromatic rings. The minimum absolute atomic E-state index is 0.184. The number of nitrogens with zero attached hydrogens (tertiary/aromatic N) is 2. The van der Waals surface area contributed by atoms with Gasteiger partial charge in [0.1, 0.15) is 10.8 Å². The first-order chi connectivity index (χ1) is 13.0. The zero-order valence-electron chi connectivity index (χ0n) is 14.0. The third-order valence-electron chi connectivity index (χ3n) is 4.24. The summed E-state index contributed by atoms with van der Waals surface area (Å²) in [6, 6.07) is 4.56. The van der Waals surface area contributed by atoms with Crippen LogP contribution in [0, 0.1) is 11.7 Å². The van der Waals surface area contributed by atoms with Crippen LogP contribution in [0.15, 0.2) is 41.3 Å². The number of rotatable bonds is 6. The van der Waals surface area contributed by atoms with Crippen LogP contribution in [0.25, 0.3) is 5.65 Å². The van der Waals surface area contributed by atoms with Gasteiger partial charge in [-0.05, 0) is 37.0 Å². The molecule has 9 heteroatoms. The first kappa shape index (κ1) is 18.2. The Bertz CT molecular complexity index is 1020. The molecule has 0 saturated heterocycles. The number of imidazole rings is 1. The van der Waals surface area contributed by atoms with E-state index in [0.29, 0.717) is 22.6 Å². The molecule has 0 unspecified atom stereocenters. The third kappa shape index (κ3) is 3.92. The average molecular weight is 454 g/mol. The summed E-state index contributed by atoms with van der Waals surface area (Å²) >= 11 is 9.68. The number of hydroxylamine groups is 1. The molecule has 1 aliphatic rings. The zero-order chi connectivity index (χ0) is 19.0. The first-order valence-electron chi connectivity index (χ1n) is 8.32. The number of benzene rings is 1. The summed E-state index contributed by atoms with van der Waals surface area (Å²) in [5.74, 6) is -0.465. The van der Waals surface area contributed by atoms with Crippen molar-refractivity contribution in [1.82, 2.24) is 14.9 Å². The number of nitrogens with one attached hydrogen (secondary N) is 2. The fourth-order valence-electron chi connectivity index (χ4n) is 2.61. The molecule has 0 spiro atoms. The minimum atomic E-state index is -0.486. The van der Waals surface area contributed by atoms with Gasteiger partial charge >= 0.3 is 0 Å². The van der Waals surface area contributed by atoms with Gasteiger partial charge in [-0.2, -0.15) is 0 Å². The Kier molecular flexibility index (Phi) is 5.03. The fourth-order valence-corrected chi connectivity index (χ4v) is 3.23. The molecule has 1 saturated carbocycles. The Hall–Kier alpha value is -2.16. The Morgan fingerprint density at radius 2 is 2.26 bits per heavy atom. The van der Waals surface area contributed by atoms with Crippen molar-refractivity contribution in [2.45, 2.75) is 12.8 Å². The van der Waals surface area contributed by atoms with E-state index in [-0.39, 0.29) is 22.0 Å². The highest BCUT2D eigenvalue weighted by Crippen LogP contribution is 2.34. The van der Waals surface area contributed by atoms with Crippen LogP contribution in [-0.4, -0.2) is 21.9 Å². The summed E-state index contributed by atoms with van der Waals surface area (Å²) in [4.78, 5) is 22.1. The molecule has 0 aliphatic heterocycles. The van der Waals surface area contributed by atoms with Crippen molar-refractivity contribution < 1.29 is 14.0 Å². The van der Waals surface area contributed by atoms with Crippen LogP contribution in [0.1, 0.15) is 23.2 Å². The van der Waals surface area contributed by atoms with Crippen molar-refractivity contribution in [3.63, 3.8) is 0 Å². The lowest BCUT2D eigenvalue weighted by Crippen LogP contribution is -2.26. The van der Waals surface area contributed by atoms with Gasteiger partial charge in [0, 0.05) is 23.1 Å². The summed E-state index contributed by atoms with van der Waals surface area (Å²) in [5, 5.41) is 3.12. The Morgan fingerprint density at radius 1 is 1.44 bits per heavy atom. The van der Waals surface area contributed by atoms with Crippen LogP contribution in [-0.2, 0) is 4.84 Å². The molecule has 140 valence electrons. The highest BCUT2D eigenvalue weighted by atomic mass is 79.9. The lowest BCUT2D eigenvalue weighted by Gasteiger charge is -2.15. The van der Waals surface area contributed by atoms with Crippen molar-refractivity contribution in [3.05, 3.63) is 57.7 Å². The highest BCUT2D eigenvalue weighted by Gasteiger charge is 2.23. The molecular formula is C18H15BrClFN4O2. The molecular weight excluding hydrogens is 439 g/mol. The maximum atomic E-state index is 14.3. The number of carbonyl (C=O) groups is 1. The van der Waals surface area contributed by atoms with Crippen molar-refractivity contribution in [2.75, 3.05) is 11.9 Å². The average Bonchev–Trinajstić information content (AvgIpc) is 3.33. The molecule has 1 amide bonds. The van der Waals surface area contributed by atoms with Gasteiger partial charge in [-0.1, -0.05) is 27.5 Å². The van der Waals surface area contributed by atoms with Crippen LogP contribution < -0.4 is 10.8 Å². The van der Waals surface area contributed by atoms with E-state index in [2.05, 4.69) is 31.7 Å².